The Kier molecular flexibility index (Phi) is 6.92. The van der Waals surface area contributed by atoms with E-state index >= 15 is 0 Å². The van der Waals surface area contributed by atoms with Crippen molar-refractivity contribution in [3.8, 4) is 55.6 Å². The van der Waals surface area contributed by atoms with Gasteiger partial charge in [0, 0.05) is 16.8 Å². The number of rotatable bonds is 8. The van der Waals surface area contributed by atoms with Gasteiger partial charge in [0.2, 0.25) is 0 Å². The lowest BCUT2D eigenvalue weighted by Crippen LogP contribution is -2.10. The molecule has 0 saturated carbocycles. The Balaban J connectivity index is 1.17. The molecule has 10 aromatic carbocycles. The maximum Gasteiger partial charge on any atom is 0.0645 e. The van der Waals surface area contributed by atoms with Gasteiger partial charge in [0.15, 0.2) is 0 Å². The smallest absolute Gasteiger partial charge is 0.0645 e. The molecule has 0 aliphatic carbocycles. The highest BCUT2D eigenvalue weighted by Crippen LogP contribution is 2.41. The third-order valence-electron chi connectivity index (χ3n) is 10.4. The summed E-state index contributed by atoms with van der Waals surface area (Å²) in [5.41, 5.74) is 6.68. The Morgan fingerprint density at radius 2 is 0.754 bits per heavy atom. The van der Waals surface area contributed by atoms with Crippen molar-refractivity contribution in [1.29, 1.82) is 0 Å². The molecule has 0 heterocycles. The Labute approximate surface area is 345 Å². The summed E-state index contributed by atoms with van der Waals surface area (Å²) in [7, 11) is 0. The molecule has 268 valence electrons. The van der Waals surface area contributed by atoms with Crippen molar-refractivity contribution in [3.63, 3.8) is 0 Å². The molecule has 0 aliphatic heterocycles. The number of hydrogen-bond acceptors (Lipinski definition) is 1. The molecule has 0 N–H and O–H groups in total. The van der Waals surface area contributed by atoms with Crippen molar-refractivity contribution in [2.45, 2.75) is 0 Å². The number of benzene rings is 10. The van der Waals surface area contributed by atoms with E-state index in [2.05, 4.69) is 6.07 Å². The number of anilines is 3. The predicted molar refractivity (Wildman–Crippen MR) is 243 cm³/mol. The van der Waals surface area contributed by atoms with Gasteiger partial charge in [-0.2, -0.15) is 0 Å². The molecule has 1 heteroatoms. The molecule has 10 aromatic rings. The number of nitrogens with zero attached hydrogens (tertiary/aromatic N) is 1. The molecular formula is C56H39N. The molecule has 0 saturated heterocycles. The Hall–Kier alpha value is -7.48. The first kappa shape index (κ1) is 26.3. The zero-order chi connectivity index (χ0) is 44.9. The lowest BCUT2D eigenvalue weighted by atomic mass is 9.91. The van der Waals surface area contributed by atoms with Crippen LogP contribution in [-0.4, -0.2) is 0 Å². The standard InChI is InChI=1S/C56H39N/c1-3-14-43(15-4-1)53-36-31-50(39-55(53)45-16-5-2-6-17-45)42-29-34-52(35-30-42)57(56-24-12-20-44-18-9-10-23-54(44)56)51-32-27-41(28-33-51)47-21-11-22-48(37-47)49-26-25-40-13-7-8-19-46(40)38-49/h1-39H/i27D,28D,29D,30D,32D,33D,34D,35D. The van der Waals surface area contributed by atoms with E-state index in [1.807, 2.05) is 164 Å². The van der Waals surface area contributed by atoms with Gasteiger partial charge in [-0.1, -0.05) is 188 Å². The van der Waals surface area contributed by atoms with Crippen LogP contribution >= 0.6 is 0 Å². The summed E-state index contributed by atoms with van der Waals surface area (Å²) >= 11 is 0. The summed E-state index contributed by atoms with van der Waals surface area (Å²) in [4.78, 5) is 1.39. The quantitative estimate of drug-likeness (QED) is 0.150. The Morgan fingerprint density at radius 1 is 0.281 bits per heavy atom. The van der Waals surface area contributed by atoms with E-state index in [1.54, 1.807) is 18.2 Å². The molecule has 0 bridgehead atoms. The van der Waals surface area contributed by atoms with Crippen LogP contribution in [0, 0.1) is 0 Å². The average Bonchev–Trinajstić information content (AvgIpc) is 3.35. The van der Waals surface area contributed by atoms with Gasteiger partial charge in [-0.3, -0.25) is 0 Å². The third kappa shape index (κ3) is 6.77. The molecule has 1 nitrogen and oxygen atoms in total. The molecular weight excluding hydrogens is 687 g/mol. The molecule has 0 amide bonds. The van der Waals surface area contributed by atoms with Gasteiger partial charge in [-0.15, -0.1) is 0 Å². The van der Waals surface area contributed by atoms with Gasteiger partial charge < -0.3 is 4.90 Å². The molecule has 10 rings (SSSR count). The summed E-state index contributed by atoms with van der Waals surface area (Å²) in [6.07, 6.45) is 0. The van der Waals surface area contributed by atoms with Crippen LogP contribution in [0.1, 0.15) is 11.0 Å². The van der Waals surface area contributed by atoms with Gasteiger partial charge in [-0.05, 0) is 120 Å². The van der Waals surface area contributed by atoms with Crippen LogP contribution < -0.4 is 4.90 Å². The van der Waals surface area contributed by atoms with E-state index in [0.717, 1.165) is 49.5 Å². The van der Waals surface area contributed by atoms with Gasteiger partial charge in [0.25, 0.3) is 0 Å². The molecule has 0 aromatic heterocycles. The molecule has 57 heavy (non-hydrogen) atoms. The van der Waals surface area contributed by atoms with Crippen molar-refractivity contribution in [2.24, 2.45) is 0 Å². The normalized spacial score (nSPS) is 13.1. The Bertz CT molecular complexity index is 3420. The first-order valence-corrected chi connectivity index (χ1v) is 18.9. The molecule has 0 aliphatic rings. The topological polar surface area (TPSA) is 3.24 Å². The summed E-state index contributed by atoms with van der Waals surface area (Å²) in [6, 6.07) is 57.2. The average molecular weight is 734 g/mol. The fraction of sp³-hybridized carbons (Fsp3) is 0. The van der Waals surface area contributed by atoms with Crippen LogP contribution in [0.25, 0.3) is 77.2 Å². The van der Waals surface area contributed by atoms with E-state index in [-0.39, 0.29) is 46.7 Å². The molecule has 0 radical (unpaired) electrons. The molecule has 0 atom stereocenters. The van der Waals surface area contributed by atoms with Crippen LogP contribution in [0.3, 0.4) is 0 Å². The fourth-order valence-corrected chi connectivity index (χ4v) is 7.53. The van der Waals surface area contributed by atoms with E-state index in [9.17, 15) is 11.0 Å². The second-order valence-electron chi connectivity index (χ2n) is 13.9. The maximum absolute atomic E-state index is 9.69. The largest absolute Gasteiger partial charge is 0.310 e. The summed E-state index contributed by atoms with van der Waals surface area (Å²) in [6.45, 7) is 0. The van der Waals surface area contributed by atoms with E-state index < -0.39 is 24.2 Å². The van der Waals surface area contributed by atoms with Crippen LogP contribution in [0.4, 0.5) is 17.1 Å². The van der Waals surface area contributed by atoms with Crippen molar-refractivity contribution in [2.75, 3.05) is 4.90 Å². The van der Waals surface area contributed by atoms with Gasteiger partial charge in [-0.25, -0.2) is 0 Å². The van der Waals surface area contributed by atoms with Crippen molar-refractivity contribution < 1.29 is 11.0 Å². The minimum Gasteiger partial charge on any atom is -0.310 e. The van der Waals surface area contributed by atoms with Crippen molar-refractivity contribution in [1.82, 2.24) is 0 Å². The number of hydrogen-bond donors (Lipinski definition) is 0. The monoisotopic (exact) mass is 733 g/mol. The van der Waals surface area contributed by atoms with E-state index in [1.165, 1.54) is 4.90 Å². The third-order valence-corrected chi connectivity index (χ3v) is 10.4. The first-order valence-electron chi connectivity index (χ1n) is 22.9. The summed E-state index contributed by atoms with van der Waals surface area (Å²) in [5.74, 6) is 0. The van der Waals surface area contributed by atoms with E-state index in [0.29, 0.717) is 22.2 Å². The van der Waals surface area contributed by atoms with Crippen LogP contribution in [0.2, 0.25) is 0 Å². The van der Waals surface area contributed by atoms with Crippen molar-refractivity contribution in [3.05, 3.63) is 236 Å². The molecule has 0 spiro atoms. The summed E-state index contributed by atoms with van der Waals surface area (Å²) in [5, 5.41) is 3.62. The van der Waals surface area contributed by atoms with Crippen LogP contribution in [-0.2, 0) is 0 Å². The fourth-order valence-electron chi connectivity index (χ4n) is 7.53. The van der Waals surface area contributed by atoms with Crippen LogP contribution in [0.5, 0.6) is 0 Å². The minimum atomic E-state index is -0.397. The van der Waals surface area contributed by atoms with Gasteiger partial charge >= 0.3 is 0 Å². The first-order chi connectivity index (χ1) is 31.6. The second-order valence-corrected chi connectivity index (χ2v) is 13.9. The van der Waals surface area contributed by atoms with Crippen molar-refractivity contribution >= 4 is 38.6 Å². The second kappa shape index (κ2) is 15.0. The molecule has 0 fully saturated rings. The van der Waals surface area contributed by atoms with Gasteiger partial charge in [0.05, 0.1) is 16.7 Å². The molecule has 0 unspecified atom stereocenters. The highest BCUT2D eigenvalue weighted by Gasteiger charge is 2.17. The van der Waals surface area contributed by atoms with E-state index in [4.69, 9.17) is 0 Å². The van der Waals surface area contributed by atoms with Gasteiger partial charge in [0.1, 0.15) is 0 Å². The highest BCUT2D eigenvalue weighted by molar-refractivity contribution is 5.99. The summed E-state index contributed by atoms with van der Waals surface area (Å²) < 4.78 is 76.8. The minimum absolute atomic E-state index is 0.0969. The SMILES string of the molecule is [2H]c1c([2H])c(N(c2c([2H])c([2H])c(-c3ccc(-c4ccccc4)c(-c4ccccc4)c3)c([2H])c2[2H])c2cccc3ccccc23)c([2H])c([2H])c1-c1cccc(-c2ccc3ccccc3c2)c1. The maximum atomic E-state index is 9.69. The zero-order valence-corrected chi connectivity index (χ0v) is 30.8. The van der Waals surface area contributed by atoms with Crippen LogP contribution in [0.15, 0.2) is 236 Å². The highest BCUT2D eigenvalue weighted by atomic mass is 15.1. The predicted octanol–water partition coefficient (Wildman–Crippen LogP) is 15.8. The number of fused-ring (bicyclic) bond motifs is 2. The Morgan fingerprint density at radius 3 is 1.44 bits per heavy atom. The lowest BCUT2D eigenvalue weighted by molar-refractivity contribution is 1.30. The lowest BCUT2D eigenvalue weighted by Gasteiger charge is -2.27. The zero-order valence-electron chi connectivity index (χ0n) is 38.8.